The summed E-state index contributed by atoms with van der Waals surface area (Å²) in [6, 6.07) is 4.86. The van der Waals surface area contributed by atoms with Crippen LogP contribution in [0, 0.1) is 5.82 Å². The Hall–Kier alpha value is -1.38. The minimum Gasteiger partial charge on any atom is -0.233 e. The van der Waals surface area contributed by atoms with Crippen LogP contribution in [0.5, 0.6) is 0 Å². The lowest BCUT2D eigenvalue weighted by Crippen LogP contribution is -2.25. The monoisotopic (exact) mass is 179 g/mol. The summed E-state index contributed by atoms with van der Waals surface area (Å²) in [5.74, 6) is -0.180. The van der Waals surface area contributed by atoms with Gasteiger partial charge in [-0.1, -0.05) is 0 Å². The van der Waals surface area contributed by atoms with Crippen molar-refractivity contribution in [3.05, 3.63) is 30.3 Å². The molecule has 0 unspecified atom stereocenters. The van der Waals surface area contributed by atoms with Crippen molar-refractivity contribution in [1.29, 1.82) is 0 Å². The first kappa shape index (κ1) is 8.23. The summed E-state index contributed by atoms with van der Waals surface area (Å²) in [4.78, 5) is 0. The van der Waals surface area contributed by atoms with Gasteiger partial charge in [0, 0.05) is 6.07 Å². The standard InChI is InChI=1S/C10H12FN2/c1-3-13-7-12(2)9-5-4-8(11)6-10(9)13/h4-7H,3H2,1-2H3/q+1. The Bertz CT molecular complexity index is 445. The highest BCUT2D eigenvalue weighted by Gasteiger charge is 2.11. The summed E-state index contributed by atoms with van der Waals surface area (Å²) < 4.78 is 17.0. The van der Waals surface area contributed by atoms with Gasteiger partial charge in [0.2, 0.25) is 6.33 Å². The first-order valence-electron chi connectivity index (χ1n) is 4.36. The molecule has 0 N–H and O–H groups in total. The molecule has 0 radical (unpaired) electrons. The Morgan fingerprint density at radius 2 is 2.23 bits per heavy atom. The molecule has 2 aromatic rings. The largest absolute Gasteiger partial charge is 0.244 e. The molecule has 0 spiro atoms. The molecule has 3 heteroatoms. The number of aryl methyl sites for hydroxylation is 2. The predicted octanol–water partition coefficient (Wildman–Crippen LogP) is 1.62. The molecule has 2 nitrogen and oxygen atoms in total. The molecule has 0 saturated heterocycles. The fourth-order valence-electron chi connectivity index (χ4n) is 1.61. The summed E-state index contributed by atoms with van der Waals surface area (Å²) in [6.45, 7) is 2.91. The molecule has 0 aliphatic carbocycles. The molecule has 0 bridgehead atoms. The zero-order valence-corrected chi connectivity index (χ0v) is 7.79. The molecule has 0 atom stereocenters. The molecular formula is C10H12FN2+. The normalized spacial score (nSPS) is 11.0. The van der Waals surface area contributed by atoms with Crippen LogP contribution >= 0.6 is 0 Å². The molecule has 1 heterocycles. The minimum absolute atomic E-state index is 0.180. The maximum absolute atomic E-state index is 12.9. The van der Waals surface area contributed by atoms with Crippen LogP contribution < -0.4 is 4.57 Å². The Morgan fingerprint density at radius 3 is 2.92 bits per heavy atom. The van der Waals surface area contributed by atoms with Gasteiger partial charge in [-0.3, -0.25) is 0 Å². The second-order valence-electron chi connectivity index (χ2n) is 3.15. The van der Waals surface area contributed by atoms with E-state index in [0.29, 0.717) is 0 Å². The number of hydrogen-bond donors (Lipinski definition) is 0. The molecule has 0 aliphatic rings. The van der Waals surface area contributed by atoms with Crippen molar-refractivity contribution < 1.29 is 8.96 Å². The molecule has 1 aromatic heterocycles. The number of rotatable bonds is 1. The zero-order chi connectivity index (χ0) is 9.42. The first-order valence-corrected chi connectivity index (χ1v) is 4.36. The van der Waals surface area contributed by atoms with Crippen molar-refractivity contribution in [2.75, 3.05) is 0 Å². The smallest absolute Gasteiger partial charge is 0.233 e. The zero-order valence-electron chi connectivity index (χ0n) is 7.79. The van der Waals surface area contributed by atoms with Crippen LogP contribution in [-0.2, 0) is 13.6 Å². The molecule has 0 aliphatic heterocycles. The maximum Gasteiger partial charge on any atom is 0.244 e. The molecule has 1 aromatic carbocycles. The van der Waals surface area contributed by atoms with Gasteiger partial charge in [-0.15, -0.1) is 0 Å². The van der Waals surface area contributed by atoms with E-state index < -0.39 is 0 Å². The van der Waals surface area contributed by atoms with Gasteiger partial charge in [0.15, 0.2) is 11.0 Å². The summed E-state index contributed by atoms with van der Waals surface area (Å²) >= 11 is 0. The Morgan fingerprint density at radius 1 is 1.46 bits per heavy atom. The topological polar surface area (TPSA) is 8.81 Å². The number of benzene rings is 1. The number of imidazole rings is 1. The minimum atomic E-state index is -0.180. The van der Waals surface area contributed by atoms with Crippen molar-refractivity contribution >= 4 is 11.0 Å². The van der Waals surface area contributed by atoms with Crippen LogP contribution in [-0.4, -0.2) is 4.57 Å². The van der Waals surface area contributed by atoms with Crippen LogP contribution in [0.15, 0.2) is 24.5 Å². The van der Waals surface area contributed by atoms with E-state index in [1.165, 1.54) is 6.07 Å². The second-order valence-corrected chi connectivity index (χ2v) is 3.15. The van der Waals surface area contributed by atoms with Crippen LogP contribution in [0.25, 0.3) is 11.0 Å². The fourth-order valence-corrected chi connectivity index (χ4v) is 1.61. The lowest BCUT2D eigenvalue weighted by molar-refractivity contribution is -0.645. The quantitative estimate of drug-likeness (QED) is 0.588. The summed E-state index contributed by atoms with van der Waals surface area (Å²) in [5.41, 5.74) is 2.01. The van der Waals surface area contributed by atoms with Crippen LogP contribution in [0.4, 0.5) is 4.39 Å². The van der Waals surface area contributed by atoms with Gasteiger partial charge in [-0.05, 0) is 19.1 Å². The van der Waals surface area contributed by atoms with E-state index in [1.807, 2.05) is 29.4 Å². The molecule has 0 amide bonds. The summed E-state index contributed by atoms with van der Waals surface area (Å²) in [5, 5.41) is 0. The molecule has 68 valence electrons. The van der Waals surface area contributed by atoms with Crippen molar-refractivity contribution in [2.45, 2.75) is 13.5 Å². The van der Waals surface area contributed by atoms with Gasteiger partial charge in [-0.2, -0.15) is 0 Å². The lowest BCUT2D eigenvalue weighted by atomic mass is 10.3. The van der Waals surface area contributed by atoms with Gasteiger partial charge in [0.1, 0.15) is 5.82 Å². The van der Waals surface area contributed by atoms with Crippen LogP contribution in [0.2, 0.25) is 0 Å². The van der Waals surface area contributed by atoms with Crippen molar-refractivity contribution in [3.8, 4) is 0 Å². The molecule has 13 heavy (non-hydrogen) atoms. The average Bonchev–Trinajstić information content (AvgIpc) is 2.42. The van der Waals surface area contributed by atoms with Gasteiger partial charge >= 0.3 is 0 Å². The third kappa shape index (κ3) is 1.20. The molecular weight excluding hydrogens is 167 g/mol. The van der Waals surface area contributed by atoms with E-state index in [9.17, 15) is 4.39 Å². The van der Waals surface area contributed by atoms with Gasteiger partial charge in [0.25, 0.3) is 0 Å². The summed E-state index contributed by atoms with van der Waals surface area (Å²) in [7, 11) is 1.96. The van der Waals surface area contributed by atoms with Crippen LogP contribution in [0.3, 0.4) is 0 Å². The van der Waals surface area contributed by atoms with Crippen molar-refractivity contribution in [2.24, 2.45) is 7.05 Å². The van der Waals surface area contributed by atoms with Gasteiger partial charge < -0.3 is 0 Å². The number of fused-ring (bicyclic) bond motifs is 1. The Labute approximate surface area is 76.2 Å². The van der Waals surface area contributed by atoms with Crippen LogP contribution in [0.1, 0.15) is 6.92 Å². The van der Waals surface area contributed by atoms with E-state index in [1.54, 1.807) is 12.1 Å². The van der Waals surface area contributed by atoms with Crippen molar-refractivity contribution in [3.63, 3.8) is 0 Å². The number of aromatic nitrogens is 2. The Kier molecular flexibility index (Phi) is 1.79. The number of nitrogens with zero attached hydrogens (tertiary/aromatic N) is 2. The van der Waals surface area contributed by atoms with E-state index in [2.05, 4.69) is 0 Å². The first-order chi connectivity index (χ1) is 6.22. The Balaban J connectivity index is 2.81. The van der Waals surface area contributed by atoms with Crippen molar-refractivity contribution in [1.82, 2.24) is 4.57 Å². The number of halogens is 1. The highest BCUT2D eigenvalue weighted by Crippen LogP contribution is 2.12. The molecule has 0 fully saturated rings. The lowest BCUT2D eigenvalue weighted by Gasteiger charge is -1.90. The second kappa shape index (κ2) is 2.83. The number of hydrogen-bond acceptors (Lipinski definition) is 0. The SMILES string of the molecule is CCn1c[n+](C)c2ccc(F)cc21. The van der Waals surface area contributed by atoms with E-state index in [0.717, 1.165) is 17.6 Å². The predicted molar refractivity (Wildman–Crippen MR) is 48.7 cm³/mol. The highest BCUT2D eigenvalue weighted by atomic mass is 19.1. The van der Waals surface area contributed by atoms with E-state index >= 15 is 0 Å². The summed E-state index contributed by atoms with van der Waals surface area (Å²) in [6.07, 6.45) is 1.98. The third-order valence-corrected chi connectivity index (χ3v) is 2.28. The van der Waals surface area contributed by atoms with Gasteiger partial charge in [0.05, 0.1) is 13.6 Å². The maximum atomic E-state index is 12.9. The van der Waals surface area contributed by atoms with E-state index in [-0.39, 0.29) is 5.82 Å². The average molecular weight is 179 g/mol. The molecule has 2 rings (SSSR count). The highest BCUT2D eigenvalue weighted by molar-refractivity contribution is 5.71. The third-order valence-electron chi connectivity index (χ3n) is 2.28. The van der Waals surface area contributed by atoms with Gasteiger partial charge in [-0.25, -0.2) is 13.5 Å². The molecule has 0 saturated carbocycles. The fraction of sp³-hybridized carbons (Fsp3) is 0.300. The van der Waals surface area contributed by atoms with E-state index in [4.69, 9.17) is 0 Å².